The number of likely N-dealkylation sites (tertiary alicyclic amines) is 2. The highest BCUT2D eigenvalue weighted by Crippen LogP contribution is 2.38. The van der Waals surface area contributed by atoms with Crippen LogP contribution in [-0.4, -0.2) is 76.9 Å². The van der Waals surface area contributed by atoms with Crippen LogP contribution in [0.5, 0.6) is 11.5 Å². The Balaban J connectivity index is 1.12. The molecule has 2 aliphatic heterocycles. The number of methoxy groups -OCH3 is 1. The van der Waals surface area contributed by atoms with Gasteiger partial charge in [0.2, 0.25) is 11.8 Å². The van der Waals surface area contributed by atoms with Crippen molar-refractivity contribution in [1.29, 1.82) is 0 Å². The van der Waals surface area contributed by atoms with Crippen molar-refractivity contribution in [3.8, 4) is 11.5 Å². The molecule has 52 heavy (non-hydrogen) atoms. The molecular weight excluding hydrogens is 678 g/mol. The lowest BCUT2D eigenvalue weighted by molar-refractivity contribution is -0.136. The summed E-state index contributed by atoms with van der Waals surface area (Å²) in [6.45, 7) is 5.37. The van der Waals surface area contributed by atoms with E-state index in [9.17, 15) is 14.4 Å². The number of aromatic amines is 1. The summed E-state index contributed by atoms with van der Waals surface area (Å²) in [4.78, 5) is 53.3. The summed E-state index contributed by atoms with van der Waals surface area (Å²) in [6.07, 6.45) is 6.08. The Morgan fingerprint density at radius 3 is 2.52 bits per heavy atom. The number of amides is 3. The van der Waals surface area contributed by atoms with Gasteiger partial charge in [0.15, 0.2) is 11.5 Å². The van der Waals surface area contributed by atoms with E-state index >= 15 is 0 Å². The number of piperidine rings is 1. The van der Waals surface area contributed by atoms with E-state index in [2.05, 4.69) is 27.4 Å². The van der Waals surface area contributed by atoms with E-state index in [1.165, 1.54) is 0 Å². The van der Waals surface area contributed by atoms with Crippen LogP contribution in [0.3, 0.4) is 0 Å². The zero-order valence-electron chi connectivity index (χ0n) is 29.5. The maximum absolute atomic E-state index is 14.2. The standard InChI is InChI=1S/C41H42ClN5O5/c1-25(2)52-37-12-9-28(15-38(37)51-3)41(50)47-22-30-21-46(39(48)16-29-19-44-36-17-31(42)10-11-33(29)36)24-35(34(30)23-47)40(49)45-32-14-27(18-43-20-32)13-26-7-5-4-6-8-26/h4-12,14-15,17-20,25,30,34-35,44H,13,16,21-24H2,1-3H3,(H,45,49). The number of nitrogens with zero attached hydrogens (tertiary/aromatic N) is 3. The molecule has 2 aliphatic rings. The number of hydrogen-bond acceptors (Lipinski definition) is 6. The molecule has 3 amide bonds. The van der Waals surface area contributed by atoms with Crippen LogP contribution in [0.4, 0.5) is 5.69 Å². The maximum Gasteiger partial charge on any atom is 0.254 e. The quantitative estimate of drug-likeness (QED) is 0.167. The number of carbonyl (C=O) groups is 3. The summed E-state index contributed by atoms with van der Waals surface area (Å²) >= 11 is 6.19. The molecule has 5 aromatic rings. The Morgan fingerprint density at radius 1 is 0.923 bits per heavy atom. The molecule has 2 fully saturated rings. The number of benzene rings is 3. The van der Waals surface area contributed by atoms with Crippen molar-refractivity contribution in [2.45, 2.75) is 32.8 Å². The Morgan fingerprint density at radius 2 is 1.73 bits per heavy atom. The van der Waals surface area contributed by atoms with Gasteiger partial charge >= 0.3 is 0 Å². The topological polar surface area (TPSA) is 117 Å². The first-order valence-corrected chi connectivity index (χ1v) is 18.0. The average Bonchev–Trinajstić information content (AvgIpc) is 3.75. The van der Waals surface area contributed by atoms with E-state index in [4.69, 9.17) is 21.1 Å². The molecule has 0 saturated carbocycles. The number of hydrogen-bond donors (Lipinski definition) is 2. The van der Waals surface area contributed by atoms with Crippen LogP contribution < -0.4 is 14.8 Å². The van der Waals surface area contributed by atoms with Crippen LogP contribution in [0.1, 0.15) is 40.9 Å². The molecule has 0 aliphatic carbocycles. The van der Waals surface area contributed by atoms with Gasteiger partial charge in [0.05, 0.1) is 37.4 Å². The molecule has 3 unspecified atom stereocenters. The zero-order chi connectivity index (χ0) is 36.4. The normalized spacial score (nSPS) is 18.4. The molecule has 2 saturated heterocycles. The first-order valence-electron chi connectivity index (χ1n) is 17.6. The molecule has 4 heterocycles. The summed E-state index contributed by atoms with van der Waals surface area (Å²) in [5.74, 6) is -0.162. The highest BCUT2D eigenvalue weighted by molar-refractivity contribution is 6.31. The Bertz CT molecular complexity index is 2100. The average molecular weight is 720 g/mol. The monoisotopic (exact) mass is 719 g/mol. The van der Waals surface area contributed by atoms with Gasteiger partial charge in [-0.2, -0.15) is 0 Å². The van der Waals surface area contributed by atoms with Gasteiger partial charge in [-0.3, -0.25) is 19.4 Å². The van der Waals surface area contributed by atoms with Crippen LogP contribution in [-0.2, 0) is 22.4 Å². The van der Waals surface area contributed by atoms with Gasteiger partial charge in [0, 0.05) is 60.1 Å². The Labute approximate surface area is 308 Å². The number of pyridine rings is 1. The summed E-state index contributed by atoms with van der Waals surface area (Å²) < 4.78 is 11.4. The second-order valence-corrected chi connectivity index (χ2v) is 14.4. The van der Waals surface area contributed by atoms with Crippen LogP contribution in [0.15, 0.2) is 91.4 Å². The van der Waals surface area contributed by atoms with E-state index in [-0.39, 0.29) is 48.6 Å². The van der Waals surface area contributed by atoms with Crippen LogP contribution in [0.2, 0.25) is 5.02 Å². The number of anilines is 1. The number of ether oxygens (including phenoxy) is 2. The van der Waals surface area contributed by atoms with Gasteiger partial charge in [-0.15, -0.1) is 0 Å². The second-order valence-electron chi connectivity index (χ2n) is 14.0. The summed E-state index contributed by atoms with van der Waals surface area (Å²) in [7, 11) is 1.55. The minimum atomic E-state index is -0.545. The van der Waals surface area contributed by atoms with Crippen LogP contribution in [0, 0.1) is 17.8 Å². The van der Waals surface area contributed by atoms with Gasteiger partial charge in [0.25, 0.3) is 5.91 Å². The third-order valence-corrected chi connectivity index (χ3v) is 10.3. The highest BCUT2D eigenvalue weighted by Gasteiger charge is 2.48. The summed E-state index contributed by atoms with van der Waals surface area (Å²) in [5.41, 5.74) is 4.91. The van der Waals surface area contributed by atoms with Gasteiger partial charge in [-0.05, 0) is 85.2 Å². The fraction of sp³-hybridized carbons (Fsp3) is 0.317. The number of H-pyrrole nitrogens is 1. The number of nitrogens with one attached hydrogen (secondary N) is 2. The lowest BCUT2D eigenvalue weighted by Crippen LogP contribution is -2.52. The van der Waals surface area contributed by atoms with Gasteiger partial charge in [-0.25, -0.2) is 0 Å². The molecule has 3 atom stereocenters. The number of carbonyl (C=O) groups excluding carboxylic acids is 3. The first kappa shape index (κ1) is 35.1. The van der Waals surface area contributed by atoms with Crippen molar-refractivity contribution in [2.75, 3.05) is 38.6 Å². The molecule has 7 rings (SSSR count). The van der Waals surface area contributed by atoms with Crippen LogP contribution >= 0.6 is 11.6 Å². The fourth-order valence-electron chi connectivity index (χ4n) is 7.56. The molecular formula is C41H42ClN5O5. The SMILES string of the molecule is COc1cc(C(=O)N2CC3CN(C(=O)Cc4c[nH]c5cc(Cl)ccc45)CC(C(=O)Nc4cncc(Cc5ccccc5)c4)C3C2)ccc1OC(C)C. The van der Waals surface area contributed by atoms with Crippen molar-refractivity contribution >= 4 is 45.9 Å². The maximum atomic E-state index is 14.2. The van der Waals surface area contributed by atoms with Crippen molar-refractivity contribution < 1.29 is 23.9 Å². The molecule has 11 heteroatoms. The highest BCUT2D eigenvalue weighted by atomic mass is 35.5. The fourth-order valence-corrected chi connectivity index (χ4v) is 7.73. The second kappa shape index (κ2) is 15.1. The van der Waals surface area contributed by atoms with Crippen molar-refractivity contribution in [1.82, 2.24) is 19.8 Å². The minimum Gasteiger partial charge on any atom is -0.493 e. The molecule has 10 nitrogen and oxygen atoms in total. The van der Waals surface area contributed by atoms with Gasteiger partial charge in [-0.1, -0.05) is 48.0 Å². The number of fused-ring (bicyclic) bond motifs is 2. The van der Waals surface area contributed by atoms with Crippen LogP contribution in [0.25, 0.3) is 10.9 Å². The molecule has 0 bridgehead atoms. The van der Waals surface area contributed by atoms with Crippen molar-refractivity contribution in [2.24, 2.45) is 17.8 Å². The minimum absolute atomic E-state index is 0.0533. The first-order chi connectivity index (χ1) is 25.1. The van der Waals surface area contributed by atoms with E-state index < -0.39 is 5.92 Å². The third-order valence-electron chi connectivity index (χ3n) is 10.0. The van der Waals surface area contributed by atoms with E-state index in [0.717, 1.165) is 27.6 Å². The summed E-state index contributed by atoms with van der Waals surface area (Å²) in [6, 6.07) is 22.8. The van der Waals surface area contributed by atoms with E-state index in [0.29, 0.717) is 53.8 Å². The summed E-state index contributed by atoms with van der Waals surface area (Å²) in [5, 5.41) is 4.65. The number of rotatable bonds is 10. The van der Waals surface area contributed by atoms with Gasteiger partial charge in [0.1, 0.15) is 0 Å². The van der Waals surface area contributed by atoms with E-state index in [1.54, 1.807) is 47.5 Å². The molecule has 3 aromatic carbocycles. The molecule has 2 N–H and O–H groups in total. The van der Waals surface area contributed by atoms with Gasteiger partial charge < -0.3 is 29.6 Å². The Kier molecular flexibility index (Phi) is 10.2. The molecule has 0 spiro atoms. The smallest absolute Gasteiger partial charge is 0.254 e. The number of aromatic nitrogens is 2. The predicted octanol–water partition coefficient (Wildman–Crippen LogP) is 6.63. The predicted molar refractivity (Wildman–Crippen MR) is 201 cm³/mol. The Hall–Kier alpha value is -5.35. The van der Waals surface area contributed by atoms with E-state index in [1.807, 2.05) is 62.5 Å². The van der Waals surface area contributed by atoms with Crippen molar-refractivity contribution in [3.63, 3.8) is 0 Å². The molecule has 0 radical (unpaired) electrons. The number of halogens is 1. The van der Waals surface area contributed by atoms with Crippen molar-refractivity contribution in [3.05, 3.63) is 119 Å². The lowest BCUT2D eigenvalue weighted by atomic mass is 9.79. The lowest BCUT2D eigenvalue weighted by Gasteiger charge is -2.39. The largest absolute Gasteiger partial charge is 0.493 e. The molecule has 268 valence electrons. The third kappa shape index (κ3) is 7.62. The zero-order valence-corrected chi connectivity index (χ0v) is 30.2. The molecule has 2 aromatic heterocycles.